The van der Waals surface area contributed by atoms with Crippen LogP contribution in [0.25, 0.3) is 0 Å². The molecule has 2 unspecified atom stereocenters. The van der Waals surface area contributed by atoms with Crippen LogP contribution >= 0.6 is 0 Å². The lowest BCUT2D eigenvalue weighted by molar-refractivity contribution is -0.0154. The van der Waals surface area contributed by atoms with Crippen LogP contribution in [-0.2, 0) is 4.74 Å². The van der Waals surface area contributed by atoms with Gasteiger partial charge in [0.05, 0.1) is 12.7 Å². The summed E-state index contributed by atoms with van der Waals surface area (Å²) in [5.41, 5.74) is 0. The lowest BCUT2D eigenvalue weighted by atomic mass is 10.1. The van der Waals surface area contributed by atoms with E-state index in [1.807, 2.05) is 0 Å². The lowest BCUT2D eigenvalue weighted by Crippen LogP contribution is -2.46. The minimum atomic E-state index is -0.215. The van der Waals surface area contributed by atoms with Gasteiger partial charge in [0.25, 0.3) is 0 Å². The maximum absolute atomic E-state index is 8.72. The molecule has 0 N–H and O–H groups in total. The van der Waals surface area contributed by atoms with Crippen LogP contribution in [0.2, 0.25) is 0 Å². The second kappa shape index (κ2) is 5.21. The zero-order valence-electron chi connectivity index (χ0n) is 8.49. The molecule has 0 aromatic rings. The van der Waals surface area contributed by atoms with Crippen molar-refractivity contribution in [2.24, 2.45) is 0 Å². The van der Waals surface area contributed by atoms with Crippen molar-refractivity contribution >= 4 is 0 Å². The first-order valence-corrected chi connectivity index (χ1v) is 5.03. The zero-order valence-corrected chi connectivity index (χ0v) is 8.49. The Hall–Kier alpha value is -0.590. The van der Waals surface area contributed by atoms with E-state index < -0.39 is 0 Å². The molecule has 0 aliphatic carbocycles. The number of hydrogen-bond donors (Lipinski definition) is 0. The molecule has 1 saturated heterocycles. The number of ether oxygens (including phenoxy) is 1. The highest BCUT2D eigenvalue weighted by atomic mass is 16.5. The minimum Gasteiger partial charge on any atom is -0.361 e. The van der Waals surface area contributed by atoms with E-state index in [2.05, 4.69) is 24.8 Å². The highest BCUT2D eigenvalue weighted by molar-refractivity contribution is 4.90. The number of morpholine rings is 1. The van der Waals surface area contributed by atoms with Gasteiger partial charge in [0.2, 0.25) is 0 Å². The van der Waals surface area contributed by atoms with Gasteiger partial charge in [-0.3, -0.25) is 4.90 Å². The van der Waals surface area contributed by atoms with Gasteiger partial charge in [0.15, 0.2) is 6.10 Å². The van der Waals surface area contributed by atoms with Crippen molar-refractivity contribution in [1.29, 1.82) is 5.26 Å². The van der Waals surface area contributed by atoms with Gasteiger partial charge in [0, 0.05) is 19.1 Å². The molecule has 0 saturated carbocycles. The summed E-state index contributed by atoms with van der Waals surface area (Å²) in [5, 5.41) is 8.72. The monoisotopic (exact) mass is 182 g/mol. The standard InChI is InChI=1S/C10H18N2O/c1-3-4-9(2)12-5-6-13-10(7-11)8-12/h9-10H,3-6,8H2,1-2H3. The van der Waals surface area contributed by atoms with Crippen molar-refractivity contribution in [2.45, 2.75) is 38.8 Å². The maximum Gasteiger partial charge on any atom is 0.156 e. The Labute approximate surface area is 80.3 Å². The first kappa shape index (κ1) is 10.5. The van der Waals surface area contributed by atoms with Crippen molar-refractivity contribution in [2.75, 3.05) is 19.7 Å². The molecule has 0 bridgehead atoms. The predicted molar refractivity (Wildman–Crippen MR) is 51.3 cm³/mol. The van der Waals surface area contributed by atoms with Gasteiger partial charge in [-0.25, -0.2) is 0 Å². The van der Waals surface area contributed by atoms with E-state index >= 15 is 0 Å². The van der Waals surface area contributed by atoms with E-state index in [9.17, 15) is 0 Å². The van der Waals surface area contributed by atoms with E-state index in [4.69, 9.17) is 10.00 Å². The Morgan fingerprint density at radius 2 is 2.46 bits per heavy atom. The smallest absolute Gasteiger partial charge is 0.156 e. The van der Waals surface area contributed by atoms with Crippen molar-refractivity contribution in [1.82, 2.24) is 4.90 Å². The quantitative estimate of drug-likeness (QED) is 0.662. The number of hydrogen-bond acceptors (Lipinski definition) is 3. The molecule has 1 aliphatic heterocycles. The third-order valence-electron chi connectivity index (χ3n) is 2.57. The van der Waals surface area contributed by atoms with Crippen LogP contribution in [-0.4, -0.2) is 36.7 Å². The Morgan fingerprint density at radius 1 is 1.69 bits per heavy atom. The summed E-state index contributed by atoms with van der Waals surface area (Å²) >= 11 is 0. The molecule has 1 aliphatic rings. The summed E-state index contributed by atoms with van der Waals surface area (Å²) < 4.78 is 5.28. The molecule has 2 atom stereocenters. The first-order chi connectivity index (χ1) is 6.27. The second-order valence-corrected chi connectivity index (χ2v) is 3.62. The largest absolute Gasteiger partial charge is 0.361 e. The van der Waals surface area contributed by atoms with Crippen LogP contribution in [0, 0.1) is 11.3 Å². The fraction of sp³-hybridized carbons (Fsp3) is 0.900. The van der Waals surface area contributed by atoms with E-state index in [0.717, 1.165) is 13.1 Å². The summed E-state index contributed by atoms with van der Waals surface area (Å²) in [7, 11) is 0. The average Bonchev–Trinajstić information content (AvgIpc) is 2.18. The first-order valence-electron chi connectivity index (χ1n) is 5.03. The number of nitriles is 1. The highest BCUT2D eigenvalue weighted by Gasteiger charge is 2.22. The molecule has 13 heavy (non-hydrogen) atoms. The van der Waals surface area contributed by atoms with Crippen molar-refractivity contribution < 1.29 is 4.74 Å². The molecule has 0 aromatic carbocycles. The van der Waals surface area contributed by atoms with Crippen LogP contribution in [0.4, 0.5) is 0 Å². The van der Waals surface area contributed by atoms with Gasteiger partial charge < -0.3 is 4.74 Å². The van der Waals surface area contributed by atoms with Crippen LogP contribution < -0.4 is 0 Å². The molecule has 1 rings (SSSR count). The maximum atomic E-state index is 8.72. The van der Waals surface area contributed by atoms with E-state index in [1.54, 1.807) is 0 Å². The fourth-order valence-electron chi connectivity index (χ4n) is 1.75. The van der Waals surface area contributed by atoms with Gasteiger partial charge >= 0.3 is 0 Å². The number of rotatable bonds is 3. The summed E-state index contributed by atoms with van der Waals surface area (Å²) in [6.07, 6.45) is 2.20. The summed E-state index contributed by atoms with van der Waals surface area (Å²) in [5.74, 6) is 0. The summed E-state index contributed by atoms with van der Waals surface area (Å²) in [6, 6.07) is 2.75. The van der Waals surface area contributed by atoms with Crippen molar-refractivity contribution in [3.05, 3.63) is 0 Å². The normalized spacial score (nSPS) is 26.7. The zero-order chi connectivity index (χ0) is 9.68. The van der Waals surface area contributed by atoms with Gasteiger partial charge in [-0.05, 0) is 13.3 Å². The van der Waals surface area contributed by atoms with Crippen molar-refractivity contribution in [3.63, 3.8) is 0 Å². The SMILES string of the molecule is CCCC(C)N1CCOC(C#N)C1. The van der Waals surface area contributed by atoms with E-state index in [0.29, 0.717) is 12.6 Å². The predicted octanol–water partition coefficient (Wildman–Crippen LogP) is 1.40. The summed E-state index contributed by atoms with van der Waals surface area (Å²) in [4.78, 5) is 2.35. The molecular weight excluding hydrogens is 164 g/mol. The molecule has 1 fully saturated rings. The molecule has 0 radical (unpaired) electrons. The lowest BCUT2D eigenvalue weighted by Gasteiger charge is -2.34. The third-order valence-corrected chi connectivity index (χ3v) is 2.57. The molecular formula is C10H18N2O. The van der Waals surface area contributed by atoms with Gasteiger partial charge in [-0.1, -0.05) is 13.3 Å². The van der Waals surface area contributed by atoms with Crippen LogP contribution in [0.1, 0.15) is 26.7 Å². The van der Waals surface area contributed by atoms with Gasteiger partial charge in [-0.15, -0.1) is 0 Å². The third kappa shape index (κ3) is 2.98. The van der Waals surface area contributed by atoms with Crippen LogP contribution in [0.15, 0.2) is 0 Å². The minimum absolute atomic E-state index is 0.215. The molecule has 0 amide bonds. The Bertz CT molecular complexity index is 188. The Balaban J connectivity index is 2.37. The van der Waals surface area contributed by atoms with Crippen LogP contribution in [0.3, 0.4) is 0 Å². The van der Waals surface area contributed by atoms with Crippen molar-refractivity contribution in [3.8, 4) is 6.07 Å². The molecule has 3 nitrogen and oxygen atoms in total. The van der Waals surface area contributed by atoms with E-state index in [1.165, 1.54) is 12.8 Å². The highest BCUT2D eigenvalue weighted by Crippen LogP contribution is 2.11. The average molecular weight is 182 g/mol. The van der Waals surface area contributed by atoms with Gasteiger partial charge in [-0.2, -0.15) is 5.26 Å². The van der Waals surface area contributed by atoms with E-state index in [-0.39, 0.29) is 6.10 Å². The second-order valence-electron chi connectivity index (χ2n) is 3.62. The topological polar surface area (TPSA) is 36.3 Å². The van der Waals surface area contributed by atoms with Crippen LogP contribution in [0.5, 0.6) is 0 Å². The summed E-state index contributed by atoms with van der Waals surface area (Å²) in [6.45, 7) is 6.87. The molecule has 1 heterocycles. The number of nitrogens with zero attached hydrogens (tertiary/aromatic N) is 2. The molecule has 3 heteroatoms. The molecule has 0 aromatic heterocycles. The van der Waals surface area contributed by atoms with Gasteiger partial charge in [0.1, 0.15) is 0 Å². The Morgan fingerprint density at radius 3 is 3.08 bits per heavy atom. The molecule has 0 spiro atoms. The Kier molecular flexibility index (Phi) is 4.20. The molecule has 74 valence electrons. The fourth-order valence-corrected chi connectivity index (χ4v) is 1.75.